The fourth-order valence-corrected chi connectivity index (χ4v) is 2.62. The SMILES string of the molecule is COC(=O)CN1CC[C@H](NCc2ccc3cccnc3n2)C1=O. The lowest BCUT2D eigenvalue weighted by Gasteiger charge is -2.15. The number of amides is 1. The molecule has 23 heavy (non-hydrogen) atoms. The number of carbonyl (C=O) groups is 2. The van der Waals surface area contributed by atoms with Crippen LogP contribution in [0.4, 0.5) is 0 Å². The highest BCUT2D eigenvalue weighted by atomic mass is 16.5. The van der Waals surface area contributed by atoms with Gasteiger partial charge >= 0.3 is 5.97 Å². The quantitative estimate of drug-likeness (QED) is 0.809. The highest BCUT2D eigenvalue weighted by Gasteiger charge is 2.32. The molecule has 2 aromatic rings. The van der Waals surface area contributed by atoms with E-state index in [0.29, 0.717) is 25.2 Å². The second-order valence-corrected chi connectivity index (χ2v) is 5.41. The Morgan fingerprint density at radius 2 is 2.30 bits per heavy atom. The molecule has 0 unspecified atom stereocenters. The zero-order valence-corrected chi connectivity index (χ0v) is 12.9. The molecule has 1 aliphatic rings. The third-order valence-corrected chi connectivity index (χ3v) is 3.90. The van der Waals surface area contributed by atoms with Crippen LogP contribution in [-0.2, 0) is 20.9 Å². The van der Waals surface area contributed by atoms with Gasteiger partial charge in [0.05, 0.1) is 18.8 Å². The normalized spacial score (nSPS) is 17.7. The summed E-state index contributed by atoms with van der Waals surface area (Å²) in [5, 5.41) is 4.18. The molecule has 2 aromatic heterocycles. The summed E-state index contributed by atoms with van der Waals surface area (Å²) in [6, 6.07) is 7.42. The van der Waals surface area contributed by atoms with Crippen LogP contribution in [0.15, 0.2) is 30.5 Å². The Balaban J connectivity index is 1.59. The van der Waals surface area contributed by atoms with E-state index in [0.717, 1.165) is 11.1 Å². The van der Waals surface area contributed by atoms with Gasteiger partial charge in [0.1, 0.15) is 6.54 Å². The first-order chi connectivity index (χ1) is 11.2. The molecule has 3 rings (SSSR count). The van der Waals surface area contributed by atoms with Crippen molar-refractivity contribution in [3.8, 4) is 0 Å². The summed E-state index contributed by atoms with van der Waals surface area (Å²) in [7, 11) is 1.32. The van der Waals surface area contributed by atoms with E-state index in [4.69, 9.17) is 0 Å². The first-order valence-electron chi connectivity index (χ1n) is 7.47. The molecular weight excluding hydrogens is 296 g/mol. The van der Waals surface area contributed by atoms with E-state index in [2.05, 4.69) is 20.0 Å². The largest absolute Gasteiger partial charge is 0.468 e. The molecule has 1 fully saturated rings. The molecule has 1 saturated heterocycles. The van der Waals surface area contributed by atoms with Gasteiger partial charge in [0.2, 0.25) is 5.91 Å². The molecule has 7 nitrogen and oxygen atoms in total. The number of esters is 1. The van der Waals surface area contributed by atoms with E-state index in [1.165, 1.54) is 12.0 Å². The second-order valence-electron chi connectivity index (χ2n) is 5.41. The van der Waals surface area contributed by atoms with Gasteiger partial charge in [-0.15, -0.1) is 0 Å². The standard InChI is InChI=1S/C16H18N4O3/c1-23-14(21)10-20-8-6-13(16(20)22)18-9-12-5-4-11-3-2-7-17-15(11)19-12/h2-5,7,13,18H,6,8-10H2,1H3/t13-/m0/s1. The number of carbonyl (C=O) groups excluding carboxylic acids is 2. The molecule has 1 amide bonds. The summed E-state index contributed by atoms with van der Waals surface area (Å²) in [4.78, 5) is 33.7. The van der Waals surface area contributed by atoms with Gasteiger partial charge < -0.3 is 15.0 Å². The van der Waals surface area contributed by atoms with Crippen LogP contribution in [0.5, 0.6) is 0 Å². The molecule has 0 spiro atoms. The summed E-state index contributed by atoms with van der Waals surface area (Å²) >= 11 is 0. The number of aromatic nitrogens is 2. The fourth-order valence-electron chi connectivity index (χ4n) is 2.62. The van der Waals surface area contributed by atoms with Crippen molar-refractivity contribution in [1.82, 2.24) is 20.2 Å². The molecule has 7 heteroatoms. The molecule has 120 valence electrons. The van der Waals surface area contributed by atoms with Crippen LogP contribution in [0.2, 0.25) is 0 Å². The second kappa shape index (κ2) is 6.70. The Labute approximate surface area is 133 Å². The molecule has 0 saturated carbocycles. The number of nitrogens with one attached hydrogen (secondary N) is 1. The highest BCUT2D eigenvalue weighted by molar-refractivity contribution is 5.87. The Kier molecular flexibility index (Phi) is 4.47. The third kappa shape index (κ3) is 3.45. The van der Waals surface area contributed by atoms with Crippen molar-refractivity contribution in [3.05, 3.63) is 36.2 Å². The number of hydrogen-bond donors (Lipinski definition) is 1. The van der Waals surface area contributed by atoms with Crippen LogP contribution < -0.4 is 5.32 Å². The highest BCUT2D eigenvalue weighted by Crippen LogP contribution is 2.13. The van der Waals surface area contributed by atoms with E-state index in [-0.39, 0.29) is 18.5 Å². The van der Waals surface area contributed by atoms with Gasteiger partial charge in [-0.3, -0.25) is 9.59 Å². The Bertz CT molecular complexity index is 734. The van der Waals surface area contributed by atoms with Crippen molar-refractivity contribution in [3.63, 3.8) is 0 Å². The summed E-state index contributed by atoms with van der Waals surface area (Å²) in [5.41, 5.74) is 1.52. The average Bonchev–Trinajstić information content (AvgIpc) is 2.92. The number of likely N-dealkylation sites (tertiary alicyclic amines) is 1. The molecule has 0 aromatic carbocycles. The van der Waals surface area contributed by atoms with Gasteiger partial charge in [-0.1, -0.05) is 0 Å². The number of ether oxygens (including phenoxy) is 1. The first-order valence-corrected chi connectivity index (χ1v) is 7.47. The molecular formula is C16H18N4O3. The molecule has 3 heterocycles. The van der Waals surface area contributed by atoms with Gasteiger partial charge in [-0.05, 0) is 30.7 Å². The molecule has 1 atom stereocenters. The van der Waals surface area contributed by atoms with Crippen molar-refractivity contribution >= 4 is 22.9 Å². The van der Waals surface area contributed by atoms with Crippen molar-refractivity contribution in [2.45, 2.75) is 19.0 Å². The first kappa shape index (κ1) is 15.4. The molecule has 1 N–H and O–H groups in total. The number of fused-ring (bicyclic) bond motifs is 1. The van der Waals surface area contributed by atoms with E-state index < -0.39 is 5.97 Å². The van der Waals surface area contributed by atoms with Gasteiger partial charge in [0, 0.05) is 24.7 Å². The van der Waals surface area contributed by atoms with Crippen LogP contribution >= 0.6 is 0 Å². The van der Waals surface area contributed by atoms with E-state index >= 15 is 0 Å². The molecule has 1 aliphatic heterocycles. The van der Waals surface area contributed by atoms with Crippen molar-refractivity contribution < 1.29 is 14.3 Å². The van der Waals surface area contributed by atoms with Crippen LogP contribution in [0.3, 0.4) is 0 Å². The van der Waals surface area contributed by atoms with Crippen molar-refractivity contribution in [1.29, 1.82) is 0 Å². The molecule has 0 aliphatic carbocycles. The van der Waals surface area contributed by atoms with Crippen molar-refractivity contribution in [2.75, 3.05) is 20.2 Å². The number of pyridine rings is 2. The smallest absolute Gasteiger partial charge is 0.325 e. The van der Waals surface area contributed by atoms with Gasteiger partial charge in [-0.2, -0.15) is 0 Å². The Morgan fingerprint density at radius 1 is 1.43 bits per heavy atom. The van der Waals surface area contributed by atoms with Crippen LogP contribution in [0.1, 0.15) is 12.1 Å². The Hall–Kier alpha value is -2.54. The number of nitrogens with zero attached hydrogens (tertiary/aromatic N) is 3. The lowest BCUT2D eigenvalue weighted by molar-refractivity contribution is -0.145. The minimum Gasteiger partial charge on any atom is -0.468 e. The van der Waals surface area contributed by atoms with Crippen LogP contribution in [0.25, 0.3) is 11.0 Å². The summed E-state index contributed by atoms with van der Waals surface area (Å²) in [6.07, 6.45) is 2.37. The predicted molar refractivity (Wildman–Crippen MR) is 83.4 cm³/mol. The lowest BCUT2D eigenvalue weighted by Crippen LogP contribution is -2.40. The fraction of sp³-hybridized carbons (Fsp3) is 0.375. The zero-order chi connectivity index (χ0) is 16.2. The number of hydrogen-bond acceptors (Lipinski definition) is 6. The number of methoxy groups -OCH3 is 1. The van der Waals surface area contributed by atoms with Crippen LogP contribution in [-0.4, -0.2) is 53.0 Å². The van der Waals surface area contributed by atoms with E-state index in [1.54, 1.807) is 6.20 Å². The summed E-state index contributed by atoms with van der Waals surface area (Å²) in [5.74, 6) is -0.476. The lowest BCUT2D eigenvalue weighted by atomic mass is 10.2. The van der Waals surface area contributed by atoms with Crippen LogP contribution in [0, 0.1) is 0 Å². The maximum absolute atomic E-state index is 12.2. The third-order valence-electron chi connectivity index (χ3n) is 3.90. The maximum atomic E-state index is 12.2. The van der Waals surface area contributed by atoms with Gasteiger partial charge in [0.25, 0.3) is 0 Å². The summed E-state index contributed by atoms with van der Waals surface area (Å²) < 4.78 is 4.60. The van der Waals surface area contributed by atoms with Gasteiger partial charge in [0.15, 0.2) is 5.65 Å². The van der Waals surface area contributed by atoms with Crippen molar-refractivity contribution in [2.24, 2.45) is 0 Å². The minimum atomic E-state index is -0.402. The van der Waals surface area contributed by atoms with E-state index in [1.807, 2.05) is 24.3 Å². The maximum Gasteiger partial charge on any atom is 0.325 e. The molecule has 0 bridgehead atoms. The minimum absolute atomic E-state index is 0.00561. The van der Waals surface area contributed by atoms with E-state index in [9.17, 15) is 9.59 Å². The average molecular weight is 314 g/mol. The number of rotatable bonds is 5. The zero-order valence-electron chi connectivity index (χ0n) is 12.9. The predicted octanol–water partition coefficient (Wildman–Crippen LogP) is 0.493. The Morgan fingerprint density at radius 3 is 3.13 bits per heavy atom. The topological polar surface area (TPSA) is 84.4 Å². The molecule has 0 radical (unpaired) electrons. The summed E-state index contributed by atoms with van der Waals surface area (Å²) in [6.45, 7) is 1.04. The van der Waals surface area contributed by atoms with Gasteiger partial charge in [-0.25, -0.2) is 9.97 Å². The monoisotopic (exact) mass is 314 g/mol.